The van der Waals surface area contributed by atoms with Crippen LogP contribution in [0.3, 0.4) is 0 Å². The maximum absolute atomic E-state index is 12.0. The summed E-state index contributed by atoms with van der Waals surface area (Å²) in [5, 5.41) is 14.3. The molecule has 0 aliphatic rings. The first-order valence-electron chi connectivity index (χ1n) is 6.00. The molecule has 0 unspecified atom stereocenters. The molecular weight excluding hydrogens is 274 g/mol. The Kier molecular flexibility index (Phi) is 4.07. The molecule has 0 fully saturated rings. The van der Waals surface area contributed by atoms with Crippen LogP contribution in [0.1, 0.15) is 16.1 Å². The van der Waals surface area contributed by atoms with Gasteiger partial charge in [-0.3, -0.25) is 4.79 Å². The number of aromatic nitrogens is 2. The van der Waals surface area contributed by atoms with Crippen molar-refractivity contribution in [3.8, 4) is 5.75 Å². The number of hydrogen-bond acceptors (Lipinski definition) is 5. The van der Waals surface area contributed by atoms with Crippen molar-refractivity contribution >= 4 is 17.4 Å². The molecule has 0 atom stereocenters. The Morgan fingerprint density at radius 2 is 2.29 bits per heavy atom. The van der Waals surface area contributed by atoms with Crippen molar-refractivity contribution in [2.75, 3.05) is 12.4 Å². The Labute approximate surface area is 120 Å². The minimum Gasteiger partial charge on any atom is -0.495 e. The second-order valence-electron chi connectivity index (χ2n) is 4.28. The van der Waals surface area contributed by atoms with E-state index in [4.69, 9.17) is 15.7 Å². The molecule has 0 saturated heterocycles. The summed E-state index contributed by atoms with van der Waals surface area (Å²) in [6.07, 6.45) is 3.14. The third-order valence-corrected chi connectivity index (χ3v) is 2.79. The molecule has 1 amide bonds. The van der Waals surface area contributed by atoms with Crippen molar-refractivity contribution < 1.29 is 14.7 Å². The normalized spacial score (nSPS) is 11.2. The lowest BCUT2D eigenvalue weighted by molar-refractivity contribution is 0.102. The summed E-state index contributed by atoms with van der Waals surface area (Å²) in [5.41, 5.74) is 6.74. The predicted octanol–water partition coefficient (Wildman–Crippen LogP) is 0.775. The summed E-state index contributed by atoms with van der Waals surface area (Å²) < 4.78 is 6.86. The molecule has 4 N–H and O–H groups in total. The van der Waals surface area contributed by atoms with E-state index < -0.39 is 0 Å². The molecule has 8 nitrogen and oxygen atoms in total. The third-order valence-electron chi connectivity index (χ3n) is 2.79. The maximum atomic E-state index is 12.0. The number of carbonyl (C=O) groups excluding carboxylic acids is 1. The van der Waals surface area contributed by atoms with Crippen LogP contribution in [-0.4, -0.2) is 33.6 Å². The Bertz CT molecular complexity index is 693. The molecule has 0 radical (unpaired) electrons. The molecule has 0 saturated carbocycles. The highest BCUT2D eigenvalue weighted by atomic mass is 16.5. The number of nitrogens with zero attached hydrogens (tertiary/aromatic N) is 3. The molecule has 0 spiro atoms. The van der Waals surface area contributed by atoms with Gasteiger partial charge in [0, 0.05) is 18.8 Å². The summed E-state index contributed by atoms with van der Waals surface area (Å²) in [4.78, 5) is 16.0. The monoisotopic (exact) mass is 289 g/mol. The lowest BCUT2D eigenvalue weighted by Crippen LogP contribution is -2.15. The average Bonchev–Trinajstić information content (AvgIpc) is 2.93. The van der Waals surface area contributed by atoms with Gasteiger partial charge in [0.05, 0.1) is 19.1 Å². The minimum atomic E-state index is -0.356. The van der Waals surface area contributed by atoms with E-state index >= 15 is 0 Å². The molecule has 0 bridgehead atoms. The van der Waals surface area contributed by atoms with Crippen molar-refractivity contribution in [2.24, 2.45) is 17.9 Å². The number of ether oxygens (including phenoxy) is 1. The molecule has 0 aliphatic heterocycles. The molecule has 1 aromatic carbocycles. The number of nitrogens with one attached hydrogen (secondary N) is 1. The number of amidine groups is 1. The van der Waals surface area contributed by atoms with Gasteiger partial charge in [-0.15, -0.1) is 0 Å². The summed E-state index contributed by atoms with van der Waals surface area (Å²) in [6.45, 7) is 0. The Morgan fingerprint density at radius 1 is 1.52 bits per heavy atom. The summed E-state index contributed by atoms with van der Waals surface area (Å²) >= 11 is 0. The average molecular weight is 289 g/mol. The molecular formula is C13H15N5O3. The molecule has 21 heavy (non-hydrogen) atoms. The standard InChI is InChI=1S/C13H15N5O3/c1-18-6-10(15-7-18)13(19)16-9-4-3-8(12(14)17-20)5-11(9)21-2/h3-7,20H,1-2H3,(H2,14,17)(H,16,19). The number of rotatable bonds is 4. The summed E-state index contributed by atoms with van der Waals surface area (Å²) in [7, 11) is 3.23. The van der Waals surface area contributed by atoms with Crippen LogP contribution in [0, 0.1) is 0 Å². The minimum absolute atomic E-state index is 0.0455. The van der Waals surface area contributed by atoms with Crippen LogP contribution in [0.5, 0.6) is 5.75 Å². The van der Waals surface area contributed by atoms with Crippen molar-refractivity contribution in [1.29, 1.82) is 0 Å². The number of hydrogen-bond donors (Lipinski definition) is 3. The third kappa shape index (κ3) is 3.11. The van der Waals surface area contributed by atoms with Crippen molar-refractivity contribution in [3.05, 3.63) is 42.0 Å². The van der Waals surface area contributed by atoms with E-state index in [1.54, 1.807) is 36.0 Å². The number of methoxy groups -OCH3 is 1. The van der Waals surface area contributed by atoms with Gasteiger partial charge in [-0.05, 0) is 18.2 Å². The van der Waals surface area contributed by atoms with E-state index in [1.165, 1.54) is 13.4 Å². The fourth-order valence-corrected chi connectivity index (χ4v) is 1.73. The molecule has 2 aromatic rings. The van der Waals surface area contributed by atoms with Gasteiger partial charge in [0.15, 0.2) is 5.84 Å². The quantitative estimate of drug-likeness (QED) is 0.333. The zero-order valence-corrected chi connectivity index (χ0v) is 11.6. The van der Waals surface area contributed by atoms with Gasteiger partial charge in [-0.1, -0.05) is 5.16 Å². The van der Waals surface area contributed by atoms with Crippen molar-refractivity contribution in [1.82, 2.24) is 9.55 Å². The molecule has 0 aliphatic carbocycles. The molecule has 1 heterocycles. The predicted molar refractivity (Wildman–Crippen MR) is 76.7 cm³/mol. The van der Waals surface area contributed by atoms with Crippen LogP contribution >= 0.6 is 0 Å². The highest BCUT2D eigenvalue weighted by molar-refractivity contribution is 6.04. The topological polar surface area (TPSA) is 115 Å². The van der Waals surface area contributed by atoms with Crippen LogP contribution in [0.4, 0.5) is 5.69 Å². The van der Waals surface area contributed by atoms with E-state index in [0.717, 1.165) is 0 Å². The van der Waals surface area contributed by atoms with Gasteiger partial charge in [0.25, 0.3) is 5.91 Å². The number of nitrogens with two attached hydrogens (primary N) is 1. The van der Waals surface area contributed by atoms with Crippen LogP contribution < -0.4 is 15.8 Å². The molecule has 8 heteroatoms. The highest BCUT2D eigenvalue weighted by Crippen LogP contribution is 2.26. The lowest BCUT2D eigenvalue weighted by atomic mass is 10.1. The first-order chi connectivity index (χ1) is 10.0. The fraction of sp³-hybridized carbons (Fsp3) is 0.154. The number of anilines is 1. The first-order valence-corrected chi connectivity index (χ1v) is 6.00. The Morgan fingerprint density at radius 3 is 2.86 bits per heavy atom. The number of benzene rings is 1. The first kappa shape index (κ1) is 14.4. The zero-order chi connectivity index (χ0) is 15.4. The van der Waals surface area contributed by atoms with Crippen molar-refractivity contribution in [2.45, 2.75) is 0 Å². The van der Waals surface area contributed by atoms with Gasteiger partial charge < -0.3 is 25.6 Å². The Hall–Kier alpha value is -3.03. The van der Waals surface area contributed by atoms with Gasteiger partial charge in [-0.2, -0.15) is 0 Å². The van der Waals surface area contributed by atoms with Crippen molar-refractivity contribution in [3.63, 3.8) is 0 Å². The van der Waals surface area contributed by atoms with Gasteiger partial charge >= 0.3 is 0 Å². The lowest BCUT2D eigenvalue weighted by Gasteiger charge is -2.10. The molecule has 110 valence electrons. The van der Waals surface area contributed by atoms with Crippen LogP contribution in [0.15, 0.2) is 35.9 Å². The van der Waals surface area contributed by atoms with E-state index in [-0.39, 0.29) is 11.7 Å². The number of imidazole rings is 1. The zero-order valence-electron chi connectivity index (χ0n) is 11.6. The summed E-state index contributed by atoms with van der Waals surface area (Å²) in [6, 6.07) is 4.77. The maximum Gasteiger partial charge on any atom is 0.275 e. The van der Waals surface area contributed by atoms with E-state index in [0.29, 0.717) is 22.7 Å². The number of carbonyl (C=O) groups is 1. The van der Waals surface area contributed by atoms with Crippen LogP contribution in [0.2, 0.25) is 0 Å². The second-order valence-corrected chi connectivity index (χ2v) is 4.28. The van der Waals surface area contributed by atoms with Crippen LogP contribution in [-0.2, 0) is 7.05 Å². The number of aryl methyl sites for hydroxylation is 1. The fourth-order valence-electron chi connectivity index (χ4n) is 1.73. The van der Waals surface area contributed by atoms with E-state index in [9.17, 15) is 4.79 Å². The number of oxime groups is 1. The smallest absolute Gasteiger partial charge is 0.275 e. The van der Waals surface area contributed by atoms with E-state index in [1.807, 2.05) is 0 Å². The van der Waals surface area contributed by atoms with Gasteiger partial charge in [0.1, 0.15) is 11.4 Å². The number of amides is 1. The SMILES string of the molecule is COc1cc(/C(N)=N/O)ccc1NC(=O)c1cn(C)cn1. The highest BCUT2D eigenvalue weighted by Gasteiger charge is 2.13. The summed E-state index contributed by atoms with van der Waals surface area (Å²) in [5.74, 6) is -0.00951. The molecule has 2 rings (SSSR count). The van der Waals surface area contributed by atoms with E-state index in [2.05, 4.69) is 15.5 Å². The molecule has 1 aromatic heterocycles. The largest absolute Gasteiger partial charge is 0.495 e. The van der Waals surface area contributed by atoms with Crippen LogP contribution in [0.25, 0.3) is 0 Å². The Balaban J connectivity index is 2.26. The second kappa shape index (κ2) is 5.95. The van der Waals surface area contributed by atoms with Gasteiger partial charge in [0.2, 0.25) is 0 Å². The van der Waals surface area contributed by atoms with Gasteiger partial charge in [-0.25, -0.2) is 4.98 Å².